The third-order valence-corrected chi connectivity index (χ3v) is 4.63. The van der Waals surface area contributed by atoms with Gasteiger partial charge in [0.25, 0.3) is 0 Å². The molecule has 1 N–H and O–H groups in total. The van der Waals surface area contributed by atoms with E-state index >= 15 is 0 Å². The number of guanidine groups is 1. The van der Waals surface area contributed by atoms with Crippen molar-refractivity contribution in [3.8, 4) is 5.75 Å². The molecule has 138 valence electrons. The van der Waals surface area contributed by atoms with Crippen LogP contribution in [0, 0.1) is 5.92 Å². The van der Waals surface area contributed by atoms with Gasteiger partial charge in [-0.15, -0.1) is 0 Å². The number of methoxy groups -OCH3 is 2. The zero-order valence-electron chi connectivity index (χ0n) is 15.5. The number of nitrogens with one attached hydrogen (secondary N) is 1. The molecule has 0 aromatic heterocycles. The summed E-state index contributed by atoms with van der Waals surface area (Å²) in [5.74, 6) is 1.73. The standard InChI is InChI=1S/C19H29N3O3/c1-20-19(22-13-10-16(11-14-22)18(23)25-3)21-12-4-5-15-6-8-17(24-2)9-7-15/h6-9,16H,4-5,10-14H2,1-3H3,(H,20,21). The lowest BCUT2D eigenvalue weighted by Gasteiger charge is -2.33. The van der Waals surface area contributed by atoms with Gasteiger partial charge in [-0.1, -0.05) is 12.1 Å². The lowest BCUT2D eigenvalue weighted by molar-refractivity contribution is -0.146. The number of ether oxygens (including phenoxy) is 2. The van der Waals surface area contributed by atoms with Crippen LogP contribution in [0.2, 0.25) is 0 Å². The quantitative estimate of drug-likeness (QED) is 0.369. The molecule has 1 aromatic carbocycles. The van der Waals surface area contributed by atoms with Crippen molar-refractivity contribution in [3.63, 3.8) is 0 Å². The minimum absolute atomic E-state index is 0.0226. The SMILES string of the molecule is CN=C(NCCCc1ccc(OC)cc1)N1CCC(C(=O)OC)CC1. The number of hydrogen-bond acceptors (Lipinski definition) is 4. The molecule has 0 saturated carbocycles. The number of nitrogens with zero attached hydrogens (tertiary/aromatic N) is 2. The molecular formula is C19H29N3O3. The van der Waals surface area contributed by atoms with Crippen LogP contribution in [0.3, 0.4) is 0 Å². The van der Waals surface area contributed by atoms with E-state index in [0.717, 1.165) is 57.0 Å². The number of aryl methyl sites for hydroxylation is 1. The fourth-order valence-electron chi connectivity index (χ4n) is 3.11. The summed E-state index contributed by atoms with van der Waals surface area (Å²) < 4.78 is 10.0. The van der Waals surface area contributed by atoms with Crippen LogP contribution in [-0.2, 0) is 16.0 Å². The van der Waals surface area contributed by atoms with E-state index in [0.29, 0.717) is 0 Å². The third-order valence-electron chi connectivity index (χ3n) is 4.63. The van der Waals surface area contributed by atoms with E-state index in [1.807, 2.05) is 12.1 Å². The van der Waals surface area contributed by atoms with E-state index in [-0.39, 0.29) is 11.9 Å². The molecule has 0 bridgehead atoms. The van der Waals surface area contributed by atoms with Gasteiger partial charge in [-0.25, -0.2) is 0 Å². The van der Waals surface area contributed by atoms with Gasteiger partial charge in [0.05, 0.1) is 20.1 Å². The molecule has 0 amide bonds. The van der Waals surface area contributed by atoms with Gasteiger partial charge in [-0.05, 0) is 43.4 Å². The fraction of sp³-hybridized carbons (Fsp3) is 0.579. The zero-order valence-corrected chi connectivity index (χ0v) is 15.5. The van der Waals surface area contributed by atoms with Crippen molar-refractivity contribution < 1.29 is 14.3 Å². The summed E-state index contributed by atoms with van der Waals surface area (Å²) in [5.41, 5.74) is 1.30. The van der Waals surface area contributed by atoms with Gasteiger partial charge in [-0.3, -0.25) is 9.79 Å². The van der Waals surface area contributed by atoms with E-state index in [2.05, 4.69) is 27.3 Å². The highest BCUT2D eigenvalue weighted by atomic mass is 16.5. The maximum atomic E-state index is 11.6. The minimum Gasteiger partial charge on any atom is -0.497 e. The summed E-state index contributed by atoms with van der Waals surface area (Å²) in [6.07, 6.45) is 3.68. The summed E-state index contributed by atoms with van der Waals surface area (Å²) in [6, 6.07) is 8.19. The number of benzene rings is 1. The second-order valence-electron chi connectivity index (χ2n) is 6.21. The van der Waals surface area contributed by atoms with Crippen LogP contribution in [-0.4, -0.2) is 57.7 Å². The highest BCUT2D eigenvalue weighted by Crippen LogP contribution is 2.18. The van der Waals surface area contributed by atoms with Crippen LogP contribution in [0.15, 0.2) is 29.3 Å². The molecule has 6 heteroatoms. The number of carbonyl (C=O) groups excluding carboxylic acids is 1. The summed E-state index contributed by atoms with van der Waals surface area (Å²) in [5, 5.41) is 3.43. The van der Waals surface area contributed by atoms with Gasteiger partial charge < -0.3 is 19.7 Å². The van der Waals surface area contributed by atoms with Gasteiger partial charge in [-0.2, -0.15) is 0 Å². The Morgan fingerprint density at radius 1 is 1.24 bits per heavy atom. The maximum Gasteiger partial charge on any atom is 0.308 e. The molecule has 0 atom stereocenters. The van der Waals surface area contributed by atoms with Crippen molar-refractivity contribution in [1.29, 1.82) is 0 Å². The molecule has 1 fully saturated rings. The molecule has 1 saturated heterocycles. The zero-order chi connectivity index (χ0) is 18.1. The monoisotopic (exact) mass is 347 g/mol. The Labute approximate surface area is 150 Å². The first-order chi connectivity index (χ1) is 12.2. The predicted octanol–water partition coefficient (Wildman–Crippen LogP) is 2.09. The van der Waals surface area contributed by atoms with Crippen LogP contribution in [0.1, 0.15) is 24.8 Å². The predicted molar refractivity (Wildman–Crippen MR) is 99.0 cm³/mol. The molecule has 0 aliphatic carbocycles. The molecule has 2 rings (SSSR count). The number of hydrogen-bond donors (Lipinski definition) is 1. The van der Waals surface area contributed by atoms with Crippen LogP contribution < -0.4 is 10.1 Å². The molecule has 1 aromatic rings. The number of carbonyl (C=O) groups is 1. The number of rotatable bonds is 6. The summed E-state index contributed by atoms with van der Waals surface area (Å²) in [7, 11) is 4.94. The van der Waals surface area contributed by atoms with Crippen molar-refractivity contribution in [1.82, 2.24) is 10.2 Å². The second kappa shape index (κ2) is 9.91. The number of aliphatic imine (C=N–C) groups is 1. The first-order valence-electron chi connectivity index (χ1n) is 8.84. The Kier molecular flexibility index (Phi) is 7.57. The summed E-state index contributed by atoms with van der Waals surface area (Å²) >= 11 is 0. The van der Waals surface area contributed by atoms with Crippen LogP contribution in [0.25, 0.3) is 0 Å². The molecule has 6 nitrogen and oxygen atoms in total. The van der Waals surface area contributed by atoms with Crippen molar-refractivity contribution in [3.05, 3.63) is 29.8 Å². The van der Waals surface area contributed by atoms with E-state index in [1.165, 1.54) is 12.7 Å². The first-order valence-corrected chi connectivity index (χ1v) is 8.84. The van der Waals surface area contributed by atoms with Gasteiger partial charge in [0.15, 0.2) is 5.96 Å². The molecule has 25 heavy (non-hydrogen) atoms. The minimum atomic E-state index is -0.0953. The molecule has 1 heterocycles. The molecule has 1 aliphatic heterocycles. The topological polar surface area (TPSA) is 63.2 Å². The first kappa shape index (κ1) is 19.1. The molecule has 1 aliphatic rings. The third kappa shape index (κ3) is 5.66. The maximum absolute atomic E-state index is 11.6. The Hall–Kier alpha value is -2.24. The average molecular weight is 347 g/mol. The lowest BCUT2D eigenvalue weighted by Crippen LogP contribution is -2.46. The largest absolute Gasteiger partial charge is 0.497 e. The normalized spacial score (nSPS) is 15.8. The van der Waals surface area contributed by atoms with E-state index in [9.17, 15) is 4.79 Å². The highest BCUT2D eigenvalue weighted by Gasteiger charge is 2.26. The van der Waals surface area contributed by atoms with E-state index in [1.54, 1.807) is 14.2 Å². The Bertz CT molecular complexity index is 564. The molecule has 0 spiro atoms. The van der Waals surface area contributed by atoms with Crippen molar-refractivity contribution in [2.75, 3.05) is 40.9 Å². The smallest absolute Gasteiger partial charge is 0.308 e. The highest BCUT2D eigenvalue weighted by molar-refractivity contribution is 5.80. The fourth-order valence-corrected chi connectivity index (χ4v) is 3.11. The lowest BCUT2D eigenvalue weighted by atomic mass is 9.97. The van der Waals surface area contributed by atoms with E-state index in [4.69, 9.17) is 9.47 Å². The number of esters is 1. The Morgan fingerprint density at radius 3 is 2.48 bits per heavy atom. The summed E-state index contributed by atoms with van der Waals surface area (Å²) in [6.45, 7) is 2.53. The van der Waals surface area contributed by atoms with Crippen molar-refractivity contribution >= 4 is 11.9 Å². The van der Waals surface area contributed by atoms with Gasteiger partial charge in [0, 0.05) is 26.7 Å². The molecule has 0 unspecified atom stereocenters. The Morgan fingerprint density at radius 2 is 1.92 bits per heavy atom. The van der Waals surface area contributed by atoms with Crippen molar-refractivity contribution in [2.24, 2.45) is 10.9 Å². The molecule has 0 radical (unpaired) electrons. The van der Waals surface area contributed by atoms with Crippen molar-refractivity contribution in [2.45, 2.75) is 25.7 Å². The van der Waals surface area contributed by atoms with Gasteiger partial charge in [0.1, 0.15) is 5.75 Å². The number of likely N-dealkylation sites (tertiary alicyclic amines) is 1. The van der Waals surface area contributed by atoms with Gasteiger partial charge >= 0.3 is 5.97 Å². The van der Waals surface area contributed by atoms with Crippen LogP contribution in [0.5, 0.6) is 5.75 Å². The van der Waals surface area contributed by atoms with Crippen LogP contribution in [0.4, 0.5) is 0 Å². The number of piperidine rings is 1. The average Bonchev–Trinajstić information content (AvgIpc) is 2.68. The van der Waals surface area contributed by atoms with Gasteiger partial charge in [0.2, 0.25) is 0 Å². The Balaban J connectivity index is 1.71. The van der Waals surface area contributed by atoms with Crippen LogP contribution >= 0.6 is 0 Å². The summed E-state index contributed by atoms with van der Waals surface area (Å²) in [4.78, 5) is 18.2. The molecular weight excluding hydrogens is 318 g/mol. The van der Waals surface area contributed by atoms with E-state index < -0.39 is 0 Å². The second-order valence-corrected chi connectivity index (χ2v) is 6.21.